The van der Waals surface area contributed by atoms with E-state index in [1.165, 1.54) is 36.4 Å². The van der Waals surface area contributed by atoms with Gasteiger partial charge in [-0.15, -0.1) is 0 Å². The summed E-state index contributed by atoms with van der Waals surface area (Å²) in [6.45, 7) is 5.76. The summed E-state index contributed by atoms with van der Waals surface area (Å²) in [4.78, 5) is 6.28. The Bertz CT molecular complexity index is 1190. The quantitative estimate of drug-likeness (QED) is 0.440. The first-order valence-corrected chi connectivity index (χ1v) is 13.7. The maximum absolute atomic E-state index is 10.5. The van der Waals surface area contributed by atoms with E-state index in [0.29, 0.717) is 6.04 Å². The number of nitrogens with zero attached hydrogens (tertiary/aromatic N) is 2. The van der Waals surface area contributed by atoms with E-state index in [1.807, 2.05) is 26.1 Å². The molecule has 1 saturated heterocycles. The highest BCUT2D eigenvalue weighted by molar-refractivity contribution is 7.86. The Morgan fingerprint density at radius 2 is 1.34 bits per heavy atom. The van der Waals surface area contributed by atoms with Gasteiger partial charge < -0.3 is 10.6 Å². The number of benzene rings is 2. The van der Waals surface area contributed by atoms with Crippen LogP contribution < -0.4 is 10.6 Å². The van der Waals surface area contributed by atoms with Gasteiger partial charge in [0.1, 0.15) is 0 Å². The lowest BCUT2D eigenvalue weighted by Gasteiger charge is -2.32. The van der Waals surface area contributed by atoms with Gasteiger partial charge in [-0.2, -0.15) is 16.8 Å². The first-order valence-electron chi connectivity index (χ1n) is 10.8. The molecule has 2 heterocycles. The summed E-state index contributed by atoms with van der Waals surface area (Å²) in [7, 11) is -8.04. The van der Waals surface area contributed by atoms with Crippen molar-refractivity contribution in [2.45, 2.75) is 42.5 Å². The summed E-state index contributed by atoms with van der Waals surface area (Å²) < 4.78 is 59.1. The van der Waals surface area contributed by atoms with Crippen LogP contribution in [0.1, 0.15) is 24.0 Å². The highest BCUT2D eigenvalue weighted by atomic mass is 32.2. The molecule has 190 valence electrons. The van der Waals surface area contributed by atoms with E-state index in [0.717, 1.165) is 30.6 Å². The molecular formula is C24H31N3O6S2. The van der Waals surface area contributed by atoms with Gasteiger partial charge in [0.2, 0.25) is 0 Å². The van der Waals surface area contributed by atoms with Crippen LogP contribution in [0.25, 0.3) is 0 Å². The molecule has 0 unspecified atom stereocenters. The number of aryl methyl sites for hydroxylation is 2. The van der Waals surface area contributed by atoms with E-state index in [-0.39, 0.29) is 9.79 Å². The lowest BCUT2D eigenvalue weighted by atomic mass is 10.1. The van der Waals surface area contributed by atoms with Crippen LogP contribution >= 0.6 is 0 Å². The molecule has 0 aliphatic carbocycles. The van der Waals surface area contributed by atoms with Crippen LogP contribution in [0, 0.1) is 13.8 Å². The fourth-order valence-electron chi connectivity index (χ4n) is 3.21. The molecular weight excluding hydrogens is 490 g/mol. The molecule has 0 spiro atoms. The molecule has 0 amide bonds. The number of hydrogen-bond donors (Lipinski definition) is 3. The molecule has 1 aromatic heterocycles. The Hall–Kier alpha value is -2.83. The van der Waals surface area contributed by atoms with Gasteiger partial charge in [-0.1, -0.05) is 35.4 Å². The second-order valence-electron chi connectivity index (χ2n) is 8.14. The zero-order valence-corrected chi connectivity index (χ0v) is 21.3. The molecule has 1 fully saturated rings. The summed E-state index contributed by atoms with van der Waals surface area (Å²) in [5.74, 6) is 0. The minimum absolute atomic E-state index is 0.0666. The summed E-state index contributed by atoms with van der Waals surface area (Å²) in [5, 5.41) is 0. The molecule has 0 saturated carbocycles. The highest BCUT2D eigenvalue weighted by Crippen LogP contribution is 2.17. The molecule has 0 bridgehead atoms. The SMILES string of the molecule is Cc1ccc(S(=O)(=O)O)cc1.Cc1ccc(S(=O)(=O)O)cc1.N[C@@H]1CCCN(c2cccnc2)C1. The first kappa shape index (κ1) is 28.4. The van der Waals surface area contributed by atoms with Crippen molar-refractivity contribution >= 4 is 25.9 Å². The van der Waals surface area contributed by atoms with Gasteiger partial charge in [-0.3, -0.25) is 14.1 Å². The number of aromatic nitrogens is 1. The third kappa shape index (κ3) is 10.1. The standard InChI is InChI=1S/C10H15N3.2C7H8O3S/c11-9-3-2-6-13(8-9)10-4-1-5-12-7-10;2*1-6-2-4-7(5-3-6)11(8,9)10/h1,4-5,7,9H,2-3,6,8,11H2;2*2-5H,1H3,(H,8,9,10)/t9-;;/m1../s1. The summed E-state index contributed by atoms with van der Waals surface area (Å²) in [5.41, 5.74) is 9.00. The van der Waals surface area contributed by atoms with Gasteiger partial charge in [0.25, 0.3) is 20.2 Å². The van der Waals surface area contributed by atoms with Gasteiger partial charge in [-0.05, 0) is 63.1 Å². The molecule has 1 aliphatic rings. The number of nitrogens with two attached hydrogens (primary N) is 1. The van der Waals surface area contributed by atoms with E-state index < -0.39 is 20.2 Å². The van der Waals surface area contributed by atoms with E-state index in [9.17, 15) is 16.8 Å². The second kappa shape index (κ2) is 12.8. The second-order valence-corrected chi connectivity index (χ2v) is 11.0. The van der Waals surface area contributed by atoms with Crippen molar-refractivity contribution in [1.82, 2.24) is 4.98 Å². The fourth-order valence-corrected chi connectivity index (χ4v) is 4.17. The van der Waals surface area contributed by atoms with Crippen LogP contribution in [0.3, 0.4) is 0 Å². The van der Waals surface area contributed by atoms with Crippen molar-refractivity contribution in [2.24, 2.45) is 5.73 Å². The maximum Gasteiger partial charge on any atom is 0.294 e. The van der Waals surface area contributed by atoms with Gasteiger partial charge in [0.05, 0.1) is 21.7 Å². The Morgan fingerprint density at radius 3 is 1.71 bits per heavy atom. The van der Waals surface area contributed by atoms with Gasteiger partial charge in [0.15, 0.2) is 0 Å². The fraction of sp³-hybridized carbons (Fsp3) is 0.292. The third-order valence-electron chi connectivity index (χ3n) is 5.11. The normalized spacial score (nSPS) is 15.8. The number of pyridine rings is 1. The molecule has 2 aromatic carbocycles. The molecule has 4 rings (SSSR count). The lowest BCUT2D eigenvalue weighted by Crippen LogP contribution is -2.42. The summed E-state index contributed by atoms with van der Waals surface area (Å²) in [6, 6.07) is 16.4. The Morgan fingerprint density at radius 1 is 0.857 bits per heavy atom. The minimum Gasteiger partial charge on any atom is -0.369 e. The Labute approximate surface area is 207 Å². The van der Waals surface area contributed by atoms with Crippen molar-refractivity contribution in [3.63, 3.8) is 0 Å². The van der Waals surface area contributed by atoms with Gasteiger partial charge in [0, 0.05) is 25.3 Å². The Kier molecular flexibility index (Phi) is 10.3. The molecule has 1 atom stereocenters. The van der Waals surface area contributed by atoms with Gasteiger partial charge >= 0.3 is 0 Å². The Balaban J connectivity index is 0.000000186. The van der Waals surface area contributed by atoms with Crippen molar-refractivity contribution in [1.29, 1.82) is 0 Å². The van der Waals surface area contributed by atoms with Crippen molar-refractivity contribution in [2.75, 3.05) is 18.0 Å². The van der Waals surface area contributed by atoms with Crippen molar-refractivity contribution in [3.05, 3.63) is 84.2 Å². The van der Waals surface area contributed by atoms with Crippen LogP contribution in [0.5, 0.6) is 0 Å². The molecule has 3 aromatic rings. The average Bonchev–Trinajstić information content (AvgIpc) is 2.80. The number of rotatable bonds is 3. The predicted molar refractivity (Wildman–Crippen MR) is 136 cm³/mol. The third-order valence-corrected chi connectivity index (χ3v) is 6.84. The van der Waals surface area contributed by atoms with Crippen LogP contribution in [-0.4, -0.2) is 50.1 Å². The van der Waals surface area contributed by atoms with Crippen LogP contribution in [0.2, 0.25) is 0 Å². The molecule has 4 N–H and O–H groups in total. The van der Waals surface area contributed by atoms with E-state index in [1.54, 1.807) is 30.5 Å². The maximum atomic E-state index is 10.5. The largest absolute Gasteiger partial charge is 0.369 e. The number of hydrogen-bond acceptors (Lipinski definition) is 7. The zero-order chi connectivity index (χ0) is 26.1. The molecule has 35 heavy (non-hydrogen) atoms. The summed E-state index contributed by atoms with van der Waals surface area (Å²) in [6.07, 6.45) is 6.04. The molecule has 1 aliphatic heterocycles. The summed E-state index contributed by atoms with van der Waals surface area (Å²) >= 11 is 0. The minimum atomic E-state index is -4.02. The zero-order valence-electron chi connectivity index (χ0n) is 19.6. The lowest BCUT2D eigenvalue weighted by molar-refractivity contribution is 0.481. The number of anilines is 1. The highest BCUT2D eigenvalue weighted by Gasteiger charge is 2.16. The first-order chi connectivity index (χ1) is 16.4. The van der Waals surface area contributed by atoms with E-state index in [4.69, 9.17) is 14.8 Å². The molecule has 9 nitrogen and oxygen atoms in total. The topological polar surface area (TPSA) is 151 Å². The van der Waals surface area contributed by atoms with Crippen molar-refractivity contribution in [3.8, 4) is 0 Å². The smallest absolute Gasteiger partial charge is 0.294 e. The number of piperidine rings is 1. The average molecular weight is 522 g/mol. The molecule has 11 heteroatoms. The predicted octanol–water partition coefficient (Wildman–Crippen LogP) is 3.49. The van der Waals surface area contributed by atoms with E-state index >= 15 is 0 Å². The monoisotopic (exact) mass is 521 g/mol. The van der Waals surface area contributed by atoms with Gasteiger partial charge in [-0.25, -0.2) is 0 Å². The van der Waals surface area contributed by atoms with Crippen LogP contribution in [0.4, 0.5) is 5.69 Å². The molecule has 0 radical (unpaired) electrons. The van der Waals surface area contributed by atoms with Crippen LogP contribution in [0.15, 0.2) is 82.8 Å². The van der Waals surface area contributed by atoms with E-state index in [2.05, 4.69) is 16.0 Å². The van der Waals surface area contributed by atoms with Crippen LogP contribution in [-0.2, 0) is 20.2 Å². The van der Waals surface area contributed by atoms with Crippen molar-refractivity contribution < 1.29 is 25.9 Å².